The molecule has 1 unspecified atom stereocenters. The fourth-order valence-electron chi connectivity index (χ4n) is 0.624. The van der Waals surface area contributed by atoms with Crippen LogP contribution in [0.25, 0.3) is 0 Å². The largest absolute Gasteiger partial charge is 0.370 e. The molecule has 62 valence electrons. The van der Waals surface area contributed by atoms with Crippen LogP contribution < -0.4 is 10.6 Å². The number of allylic oxidation sites excluding steroid dienone is 3. The highest BCUT2D eigenvalue weighted by Gasteiger charge is 1.94. The van der Waals surface area contributed by atoms with Crippen molar-refractivity contribution < 1.29 is 0 Å². The third-order valence-electron chi connectivity index (χ3n) is 1.33. The lowest BCUT2D eigenvalue weighted by atomic mass is 10.3. The Morgan fingerprint density at radius 3 is 2.45 bits per heavy atom. The van der Waals surface area contributed by atoms with Crippen LogP contribution in [0.4, 0.5) is 0 Å². The van der Waals surface area contributed by atoms with Gasteiger partial charge in [0.2, 0.25) is 0 Å². The van der Waals surface area contributed by atoms with Crippen LogP contribution in [0.3, 0.4) is 0 Å². The molecule has 1 atom stereocenters. The van der Waals surface area contributed by atoms with Crippen molar-refractivity contribution >= 4 is 0 Å². The number of rotatable bonds is 5. The second kappa shape index (κ2) is 5.74. The van der Waals surface area contributed by atoms with Gasteiger partial charge >= 0.3 is 0 Å². The van der Waals surface area contributed by atoms with Crippen LogP contribution in [0.2, 0.25) is 0 Å². The van der Waals surface area contributed by atoms with Gasteiger partial charge in [-0.3, -0.25) is 0 Å². The maximum absolute atomic E-state index is 3.66. The summed E-state index contributed by atoms with van der Waals surface area (Å²) < 4.78 is 0. The molecule has 0 aliphatic heterocycles. The van der Waals surface area contributed by atoms with Crippen molar-refractivity contribution in [3.63, 3.8) is 0 Å². The number of nitrogens with one attached hydrogen (secondary N) is 2. The minimum Gasteiger partial charge on any atom is -0.370 e. The van der Waals surface area contributed by atoms with Gasteiger partial charge in [-0.2, -0.15) is 0 Å². The molecule has 0 radical (unpaired) electrons. The third-order valence-corrected chi connectivity index (χ3v) is 1.33. The molecule has 0 aliphatic carbocycles. The Bertz CT molecular complexity index is 159. The maximum atomic E-state index is 3.66. The summed E-state index contributed by atoms with van der Waals surface area (Å²) in [5.74, 6) is 0. The summed E-state index contributed by atoms with van der Waals surface area (Å²) in [5, 5.41) is 6.23. The molecular formula is C9H16N2. The van der Waals surface area contributed by atoms with Crippen molar-refractivity contribution in [2.75, 3.05) is 7.05 Å². The Balaban J connectivity index is 3.97. The molecule has 0 aromatic carbocycles. The fraction of sp³-hybridized carbons (Fsp3) is 0.333. The molecule has 2 nitrogen and oxygen atoms in total. The molecule has 0 aliphatic rings. The Morgan fingerprint density at radius 2 is 2.09 bits per heavy atom. The van der Waals surface area contributed by atoms with Crippen LogP contribution in [0.5, 0.6) is 0 Å². The van der Waals surface area contributed by atoms with Gasteiger partial charge in [-0.1, -0.05) is 19.2 Å². The minimum absolute atomic E-state index is 0.249. The number of hydrogen-bond acceptors (Lipinski definition) is 2. The monoisotopic (exact) mass is 152 g/mol. The van der Waals surface area contributed by atoms with Crippen molar-refractivity contribution in [2.45, 2.75) is 13.1 Å². The van der Waals surface area contributed by atoms with E-state index >= 15 is 0 Å². The molecule has 0 rings (SSSR count). The zero-order valence-corrected chi connectivity index (χ0v) is 7.22. The second-order valence-corrected chi connectivity index (χ2v) is 2.22. The molecule has 2 N–H and O–H groups in total. The van der Waals surface area contributed by atoms with Crippen LogP contribution in [0.1, 0.15) is 6.92 Å². The highest BCUT2D eigenvalue weighted by molar-refractivity contribution is 5.19. The smallest absolute Gasteiger partial charge is 0.0736 e. The molecule has 0 saturated heterocycles. The lowest BCUT2D eigenvalue weighted by molar-refractivity contribution is 0.546. The van der Waals surface area contributed by atoms with E-state index in [1.165, 1.54) is 0 Å². The van der Waals surface area contributed by atoms with Gasteiger partial charge in [-0.05, 0) is 26.1 Å². The van der Waals surface area contributed by atoms with E-state index in [0.717, 1.165) is 5.70 Å². The van der Waals surface area contributed by atoms with Gasteiger partial charge in [0.15, 0.2) is 0 Å². The SMILES string of the molecule is C=C/C=C(\C=C)NC(C)NC. The number of hydrogen-bond donors (Lipinski definition) is 2. The quantitative estimate of drug-likeness (QED) is 0.459. The van der Waals surface area contributed by atoms with Crippen LogP contribution >= 0.6 is 0 Å². The van der Waals surface area contributed by atoms with Gasteiger partial charge in [-0.25, -0.2) is 0 Å². The van der Waals surface area contributed by atoms with Crippen molar-refractivity contribution in [1.29, 1.82) is 0 Å². The summed E-state index contributed by atoms with van der Waals surface area (Å²) in [5.41, 5.74) is 0.974. The molecule has 0 fully saturated rings. The Kier molecular flexibility index (Phi) is 5.21. The Hall–Kier alpha value is -1.02. The van der Waals surface area contributed by atoms with Crippen LogP contribution in [0, 0.1) is 0 Å². The zero-order chi connectivity index (χ0) is 8.69. The lowest BCUT2D eigenvalue weighted by Crippen LogP contribution is -2.36. The van der Waals surface area contributed by atoms with Gasteiger partial charge in [0, 0.05) is 5.70 Å². The van der Waals surface area contributed by atoms with Crippen LogP contribution in [-0.4, -0.2) is 13.2 Å². The predicted octanol–water partition coefficient (Wildman–Crippen LogP) is 1.40. The normalized spacial score (nSPS) is 13.8. The molecule has 0 saturated carbocycles. The lowest BCUT2D eigenvalue weighted by Gasteiger charge is -2.13. The molecule has 0 spiro atoms. The van der Waals surface area contributed by atoms with Gasteiger partial charge in [-0.15, -0.1) is 0 Å². The molecule has 2 heteroatoms. The predicted molar refractivity (Wildman–Crippen MR) is 50.1 cm³/mol. The molecule has 0 amide bonds. The first-order valence-corrected chi connectivity index (χ1v) is 3.63. The summed E-state index contributed by atoms with van der Waals surface area (Å²) in [6.07, 6.45) is 5.61. The highest BCUT2D eigenvalue weighted by Crippen LogP contribution is 1.91. The van der Waals surface area contributed by atoms with E-state index in [-0.39, 0.29) is 6.17 Å². The summed E-state index contributed by atoms with van der Waals surface area (Å²) >= 11 is 0. The summed E-state index contributed by atoms with van der Waals surface area (Å²) in [7, 11) is 1.90. The van der Waals surface area contributed by atoms with Crippen molar-refractivity contribution in [3.05, 3.63) is 37.1 Å². The van der Waals surface area contributed by atoms with Gasteiger partial charge in [0.25, 0.3) is 0 Å². The van der Waals surface area contributed by atoms with E-state index in [1.807, 2.05) is 20.0 Å². The van der Waals surface area contributed by atoms with E-state index in [4.69, 9.17) is 0 Å². The van der Waals surface area contributed by atoms with Crippen molar-refractivity contribution in [1.82, 2.24) is 10.6 Å². The zero-order valence-electron chi connectivity index (χ0n) is 7.22. The van der Waals surface area contributed by atoms with Crippen LogP contribution in [-0.2, 0) is 0 Å². The van der Waals surface area contributed by atoms with Gasteiger partial charge in [0.1, 0.15) is 0 Å². The van der Waals surface area contributed by atoms with Gasteiger partial charge < -0.3 is 10.6 Å². The summed E-state index contributed by atoms with van der Waals surface area (Å²) in [6.45, 7) is 9.29. The van der Waals surface area contributed by atoms with E-state index in [2.05, 4.69) is 23.8 Å². The first-order valence-electron chi connectivity index (χ1n) is 3.63. The molecular weight excluding hydrogens is 136 g/mol. The van der Waals surface area contributed by atoms with E-state index in [1.54, 1.807) is 12.2 Å². The standard InChI is InChI=1S/C9H16N2/c1-5-7-9(6-2)11-8(3)10-4/h5-8,10-11H,1-2H2,3-4H3/b9-7+. The van der Waals surface area contributed by atoms with E-state index in [9.17, 15) is 0 Å². The first-order chi connectivity index (χ1) is 5.24. The average Bonchev–Trinajstić information content (AvgIpc) is 2.03. The Labute approximate surface area is 68.7 Å². The van der Waals surface area contributed by atoms with Crippen molar-refractivity contribution in [2.24, 2.45) is 0 Å². The molecule has 0 aromatic heterocycles. The summed E-state index contributed by atoms with van der Waals surface area (Å²) in [6, 6.07) is 0. The fourth-order valence-corrected chi connectivity index (χ4v) is 0.624. The molecule has 11 heavy (non-hydrogen) atoms. The Morgan fingerprint density at radius 1 is 1.45 bits per heavy atom. The minimum atomic E-state index is 0.249. The molecule has 0 aromatic rings. The summed E-state index contributed by atoms with van der Waals surface area (Å²) in [4.78, 5) is 0. The molecule has 0 heterocycles. The van der Waals surface area contributed by atoms with Crippen LogP contribution in [0.15, 0.2) is 37.1 Å². The van der Waals surface area contributed by atoms with E-state index < -0.39 is 0 Å². The third kappa shape index (κ3) is 4.39. The first kappa shape index (κ1) is 9.98. The van der Waals surface area contributed by atoms with E-state index in [0.29, 0.717) is 0 Å². The second-order valence-electron chi connectivity index (χ2n) is 2.22. The average molecular weight is 152 g/mol. The maximum Gasteiger partial charge on any atom is 0.0736 e. The molecule has 0 bridgehead atoms. The van der Waals surface area contributed by atoms with Crippen molar-refractivity contribution in [3.8, 4) is 0 Å². The van der Waals surface area contributed by atoms with Gasteiger partial charge in [0.05, 0.1) is 6.17 Å². The highest BCUT2D eigenvalue weighted by atomic mass is 15.1. The topological polar surface area (TPSA) is 24.1 Å².